The van der Waals surface area contributed by atoms with E-state index >= 15 is 0 Å². The van der Waals surface area contributed by atoms with Crippen LogP contribution in [-0.4, -0.2) is 44.6 Å². The second kappa shape index (κ2) is 7.45. The highest BCUT2D eigenvalue weighted by molar-refractivity contribution is 7.92. The van der Waals surface area contributed by atoms with Gasteiger partial charge in [0.15, 0.2) is 9.90 Å². The molecule has 3 rings (SSSR count). The van der Waals surface area contributed by atoms with Gasteiger partial charge in [-0.2, -0.15) is 5.10 Å². The number of methoxy groups -OCH3 is 1. The first kappa shape index (κ1) is 19.0. The molecule has 1 aromatic carbocycles. The lowest BCUT2D eigenvalue weighted by molar-refractivity contribution is 0.0590. The van der Waals surface area contributed by atoms with Crippen LogP contribution < -0.4 is 9.73 Å². The number of hydrazone groups is 1. The number of hydrogen-bond acceptors (Lipinski definition) is 9. The zero-order valence-corrected chi connectivity index (χ0v) is 16.1. The number of esters is 1. The Morgan fingerprint density at radius 2 is 1.96 bits per heavy atom. The summed E-state index contributed by atoms with van der Waals surface area (Å²) < 4.78 is 30.9. The molecule has 1 aliphatic heterocycles. The Morgan fingerprint density at radius 1 is 1.26 bits per heavy atom. The van der Waals surface area contributed by atoms with Gasteiger partial charge in [0.25, 0.3) is 15.9 Å². The van der Waals surface area contributed by atoms with Gasteiger partial charge in [-0.25, -0.2) is 22.9 Å². The molecule has 142 valence electrons. The van der Waals surface area contributed by atoms with E-state index in [1.54, 1.807) is 12.1 Å². The monoisotopic (exact) mass is 408 g/mol. The molecule has 0 saturated heterocycles. The summed E-state index contributed by atoms with van der Waals surface area (Å²) in [6.45, 7) is 2.70. The Labute approximate surface area is 159 Å². The molecule has 0 unspecified atom stereocenters. The topological polar surface area (TPSA) is 118 Å². The Morgan fingerprint density at radius 3 is 2.56 bits per heavy atom. The number of nitrogens with zero attached hydrogens (tertiary/aromatic N) is 3. The fourth-order valence-corrected chi connectivity index (χ4v) is 4.54. The number of amides is 1. The molecule has 1 amide bonds. The average Bonchev–Trinajstić information content (AvgIpc) is 3.30. The molecular formula is C16H16N4O5S2. The maximum atomic E-state index is 12.4. The van der Waals surface area contributed by atoms with Gasteiger partial charge in [0, 0.05) is 24.2 Å². The molecule has 11 heteroatoms. The quantitative estimate of drug-likeness (QED) is 0.747. The van der Waals surface area contributed by atoms with E-state index in [1.807, 2.05) is 16.7 Å². The highest BCUT2D eigenvalue weighted by atomic mass is 32.2. The van der Waals surface area contributed by atoms with Gasteiger partial charge in [-0.1, -0.05) is 0 Å². The minimum Gasteiger partial charge on any atom is -0.464 e. The third-order valence-electron chi connectivity index (χ3n) is 3.79. The first-order valence-corrected chi connectivity index (χ1v) is 10.2. The largest absolute Gasteiger partial charge is 0.464 e. The van der Waals surface area contributed by atoms with Gasteiger partial charge in [-0.05, 0) is 31.2 Å². The first-order chi connectivity index (χ1) is 12.8. The molecule has 2 aromatic rings. The molecule has 1 aromatic heterocycles. The fourth-order valence-electron chi connectivity index (χ4n) is 2.43. The van der Waals surface area contributed by atoms with Gasteiger partial charge in [-0.15, -0.1) is 11.3 Å². The molecule has 9 nitrogen and oxygen atoms in total. The van der Waals surface area contributed by atoms with Gasteiger partial charge in [0.05, 0.1) is 18.3 Å². The lowest BCUT2D eigenvalue weighted by Crippen LogP contribution is -2.31. The Bertz CT molecular complexity index is 1010. The van der Waals surface area contributed by atoms with E-state index < -0.39 is 21.9 Å². The summed E-state index contributed by atoms with van der Waals surface area (Å²) in [4.78, 5) is 27.6. The van der Waals surface area contributed by atoms with Gasteiger partial charge in [-0.3, -0.25) is 9.80 Å². The maximum Gasteiger partial charge on any atom is 0.358 e. The van der Waals surface area contributed by atoms with Crippen LogP contribution in [-0.2, 0) is 14.8 Å². The molecule has 0 saturated carbocycles. The number of carbonyl (C=O) groups is 2. The van der Waals surface area contributed by atoms with Gasteiger partial charge >= 0.3 is 5.97 Å². The predicted molar refractivity (Wildman–Crippen MR) is 99.6 cm³/mol. The van der Waals surface area contributed by atoms with Crippen molar-refractivity contribution in [2.24, 2.45) is 5.10 Å². The van der Waals surface area contributed by atoms with Crippen LogP contribution in [0.5, 0.6) is 0 Å². The van der Waals surface area contributed by atoms with E-state index in [9.17, 15) is 18.0 Å². The Balaban J connectivity index is 1.77. The minimum absolute atomic E-state index is 0.159. The van der Waals surface area contributed by atoms with Crippen molar-refractivity contribution in [2.75, 3.05) is 18.7 Å². The van der Waals surface area contributed by atoms with E-state index in [2.05, 4.69) is 14.8 Å². The van der Waals surface area contributed by atoms with Crippen molar-refractivity contribution in [3.63, 3.8) is 0 Å². The van der Waals surface area contributed by atoms with Crippen molar-refractivity contribution in [3.05, 3.63) is 41.0 Å². The SMILES string of the molecule is COC(=O)c1ncsc1S(=O)(=O)NC(=O)c1ccc(N2CCC(C)=N2)cc1. The second-order valence-electron chi connectivity index (χ2n) is 5.67. The molecule has 1 N–H and O–H groups in total. The summed E-state index contributed by atoms with van der Waals surface area (Å²) in [5.41, 5.74) is 2.82. The molecule has 0 bridgehead atoms. The summed E-state index contributed by atoms with van der Waals surface area (Å²) in [6.07, 6.45) is 0.873. The summed E-state index contributed by atoms with van der Waals surface area (Å²) >= 11 is 0.721. The third kappa shape index (κ3) is 3.98. The third-order valence-corrected chi connectivity index (χ3v) is 6.49. The van der Waals surface area contributed by atoms with Crippen molar-refractivity contribution in [3.8, 4) is 0 Å². The number of carbonyl (C=O) groups excluding carboxylic acids is 2. The Hall–Kier alpha value is -2.79. The molecule has 2 heterocycles. The lowest BCUT2D eigenvalue weighted by Gasteiger charge is -2.14. The van der Waals surface area contributed by atoms with Crippen molar-refractivity contribution < 1.29 is 22.7 Å². The summed E-state index contributed by atoms with van der Waals surface area (Å²) in [5.74, 6) is -1.71. The number of thiazole rings is 1. The second-order valence-corrected chi connectivity index (χ2v) is 8.40. The number of benzene rings is 1. The van der Waals surface area contributed by atoms with Crippen LogP contribution in [0.4, 0.5) is 5.69 Å². The molecule has 27 heavy (non-hydrogen) atoms. The minimum atomic E-state index is -4.26. The van der Waals surface area contributed by atoms with Crippen LogP contribution in [0.1, 0.15) is 34.2 Å². The molecule has 0 radical (unpaired) electrons. The van der Waals surface area contributed by atoms with Crippen LogP contribution in [0.2, 0.25) is 0 Å². The smallest absolute Gasteiger partial charge is 0.358 e. The normalized spacial score (nSPS) is 14.0. The van der Waals surface area contributed by atoms with Crippen molar-refractivity contribution in [1.82, 2.24) is 9.71 Å². The molecular weight excluding hydrogens is 392 g/mol. The van der Waals surface area contributed by atoms with Crippen molar-refractivity contribution in [2.45, 2.75) is 17.6 Å². The van der Waals surface area contributed by atoms with Crippen molar-refractivity contribution >= 4 is 44.6 Å². The van der Waals surface area contributed by atoms with Gasteiger partial charge in [0.2, 0.25) is 0 Å². The van der Waals surface area contributed by atoms with Crippen LogP contribution >= 0.6 is 11.3 Å². The number of aromatic nitrogens is 1. The summed E-state index contributed by atoms with van der Waals surface area (Å²) in [7, 11) is -3.14. The number of ether oxygens (including phenoxy) is 1. The van der Waals surface area contributed by atoms with Crippen LogP contribution in [0.25, 0.3) is 0 Å². The van der Waals surface area contributed by atoms with E-state index in [-0.39, 0.29) is 15.5 Å². The number of anilines is 1. The summed E-state index contributed by atoms with van der Waals surface area (Å²) in [5, 5.41) is 6.18. The van der Waals surface area contributed by atoms with Crippen LogP contribution in [0.15, 0.2) is 39.1 Å². The zero-order valence-electron chi connectivity index (χ0n) is 14.5. The molecule has 1 aliphatic rings. The number of sulfonamides is 1. The van der Waals surface area contributed by atoms with E-state index in [1.165, 1.54) is 17.6 Å². The number of rotatable bonds is 5. The van der Waals surface area contributed by atoms with Crippen LogP contribution in [0.3, 0.4) is 0 Å². The molecule has 0 fully saturated rings. The first-order valence-electron chi connectivity index (χ1n) is 7.82. The summed E-state index contributed by atoms with van der Waals surface area (Å²) in [6, 6.07) is 6.40. The highest BCUT2D eigenvalue weighted by Gasteiger charge is 2.28. The zero-order chi connectivity index (χ0) is 19.6. The average molecular weight is 408 g/mol. The Kier molecular flexibility index (Phi) is 5.24. The maximum absolute atomic E-state index is 12.4. The van der Waals surface area contributed by atoms with E-state index in [0.717, 1.165) is 42.8 Å². The van der Waals surface area contributed by atoms with E-state index in [4.69, 9.17) is 0 Å². The standard InChI is InChI=1S/C16H16N4O5S2/c1-10-7-8-20(18-10)12-5-3-11(4-6-12)14(21)19-27(23,24)16-13(15(22)25-2)17-9-26-16/h3-6,9H,7-8H2,1-2H3,(H,19,21). The molecule has 0 spiro atoms. The molecule has 0 atom stereocenters. The number of nitrogens with one attached hydrogen (secondary N) is 1. The highest BCUT2D eigenvalue weighted by Crippen LogP contribution is 2.22. The van der Waals surface area contributed by atoms with Crippen molar-refractivity contribution in [1.29, 1.82) is 0 Å². The lowest BCUT2D eigenvalue weighted by atomic mass is 10.2. The predicted octanol–water partition coefficient (Wildman–Crippen LogP) is 1.63. The van der Waals surface area contributed by atoms with Crippen LogP contribution in [0, 0.1) is 0 Å². The number of hydrogen-bond donors (Lipinski definition) is 1. The van der Waals surface area contributed by atoms with Gasteiger partial charge in [0.1, 0.15) is 0 Å². The fraction of sp³-hybridized carbons (Fsp3) is 0.250. The van der Waals surface area contributed by atoms with Gasteiger partial charge < -0.3 is 4.74 Å². The van der Waals surface area contributed by atoms with E-state index in [0.29, 0.717) is 0 Å². The molecule has 0 aliphatic carbocycles.